The molecule has 1 amide bonds. The van der Waals surface area contributed by atoms with Crippen LogP contribution in [0.4, 0.5) is 5.69 Å². The largest absolute Gasteiger partial charge is 0.325 e. The highest BCUT2D eigenvalue weighted by molar-refractivity contribution is 8.00. The van der Waals surface area contributed by atoms with Gasteiger partial charge >= 0.3 is 0 Å². The highest BCUT2D eigenvalue weighted by Gasteiger charge is 2.25. The molecule has 0 spiro atoms. The normalized spacial score (nSPS) is 12.0. The second-order valence-electron chi connectivity index (χ2n) is 8.88. The lowest BCUT2D eigenvalue weighted by molar-refractivity contribution is -0.115. The minimum atomic E-state index is -0.375. The van der Waals surface area contributed by atoms with Crippen molar-refractivity contribution in [2.75, 3.05) is 5.32 Å². The number of nitrogens with one attached hydrogen (secondary N) is 1. The van der Waals surface area contributed by atoms with Gasteiger partial charge < -0.3 is 5.32 Å². The topological polar surface area (TPSA) is 72.7 Å². The summed E-state index contributed by atoms with van der Waals surface area (Å²) in [6.07, 6.45) is 1.33. The molecule has 2 heterocycles. The van der Waals surface area contributed by atoms with Gasteiger partial charge in [0.2, 0.25) is 5.91 Å². The molecular weight excluding hydrogens is 514 g/mol. The van der Waals surface area contributed by atoms with E-state index in [9.17, 15) is 4.79 Å². The Kier molecular flexibility index (Phi) is 7.77. The average Bonchev–Trinajstić information content (AvgIpc) is 3.34. The van der Waals surface area contributed by atoms with Crippen LogP contribution in [0.25, 0.3) is 28.1 Å². The number of thioether (sulfide) groups is 1. The number of hydrogen-bond acceptors (Lipinski definition) is 5. The summed E-state index contributed by atoms with van der Waals surface area (Å²) in [7, 11) is 0. The van der Waals surface area contributed by atoms with Gasteiger partial charge in [-0.3, -0.25) is 4.79 Å². The van der Waals surface area contributed by atoms with Crippen LogP contribution in [0.15, 0.2) is 83.9 Å². The van der Waals surface area contributed by atoms with Gasteiger partial charge in [-0.1, -0.05) is 91.8 Å². The molecule has 192 valence electrons. The van der Waals surface area contributed by atoms with Crippen molar-refractivity contribution in [1.29, 1.82) is 0 Å². The number of aryl methyl sites for hydroxylation is 1. The van der Waals surface area contributed by atoms with Crippen molar-refractivity contribution in [2.24, 2.45) is 0 Å². The number of halogens is 1. The summed E-state index contributed by atoms with van der Waals surface area (Å²) in [5.74, 6) is 0.505. The first kappa shape index (κ1) is 25.9. The maximum Gasteiger partial charge on any atom is 0.237 e. The Hall–Kier alpha value is -3.68. The third-order valence-corrected chi connectivity index (χ3v) is 8.14. The lowest BCUT2D eigenvalue weighted by atomic mass is 10.2. The molecule has 8 heteroatoms. The zero-order valence-electron chi connectivity index (χ0n) is 21.5. The maximum atomic E-state index is 13.4. The van der Waals surface area contributed by atoms with E-state index in [-0.39, 0.29) is 11.2 Å². The van der Waals surface area contributed by atoms with Crippen molar-refractivity contribution in [3.63, 3.8) is 0 Å². The molecule has 0 radical (unpaired) electrons. The summed E-state index contributed by atoms with van der Waals surface area (Å²) < 4.78 is 1.88. The van der Waals surface area contributed by atoms with Gasteiger partial charge in [0.1, 0.15) is 5.03 Å². The van der Waals surface area contributed by atoms with Gasteiger partial charge in [-0.25, -0.2) is 14.6 Å². The highest BCUT2D eigenvalue weighted by Crippen LogP contribution is 2.36. The number of rotatable bonds is 8. The summed E-state index contributed by atoms with van der Waals surface area (Å²) in [5, 5.41) is 9.87. The molecule has 5 rings (SSSR count). The van der Waals surface area contributed by atoms with Crippen LogP contribution in [0.1, 0.15) is 31.5 Å². The number of carbonyl (C=O) groups excluding carboxylic acids is 1. The number of anilines is 1. The zero-order valence-corrected chi connectivity index (χ0v) is 23.1. The van der Waals surface area contributed by atoms with Crippen LogP contribution in [0.5, 0.6) is 0 Å². The quantitative estimate of drug-likeness (QED) is 0.162. The standard InChI is InChI=1S/C30H28ClN5OS/c1-4-23-26-28(36(35-23)21-15-10-7-11-16-21)33-27(20-13-8-6-9-14-20)34-30(26)38-25(5-2)29(37)32-24-18-12-17-22(31)19(24)3/h6-18,25H,4-5H2,1-3H3,(H,32,37)/t25-/m1/s1. The molecule has 0 fully saturated rings. The Balaban J connectivity index is 1.61. The summed E-state index contributed by atoms with van der Waals surface area (Å²) >= 11 is 7.74. The molecule has 2 aromatic heterocycles. The van der Waals surface area contributed by atoms with Gasteiger partial charge in [0.05, 0.1) is 22.0 Å². The summed E-state index contributed by atoms with van der Waals surface area (Å²) in [6.45, 7) is 5.98. The molecular formula is C30H28ClN5OS. The lowest BCUT2D eigenvalue weighted by Gasteiger charge is -2.17. The first-order valence-electron chi connectivity index (χ1n) is 12.6. The van der Waals surface area contributed by atoms with Crippen LogP contribution < -0.4 is 5.32 Å². The maximum absolute atomic E-state index is 13.4. The van der Waals surface area contributed by atoms with E-state index < -0.39 is 0 Å². The fourth-order valence-corrected chi connectivity index (χ4v) is 5.51. The van der Waals surface area contributed by atoms with Gasteiger partial charge in [-0.05, 0) is 49.6 Å². The second-order valence-corrected chi connectivity index (χ2v) is 10.5. The third kappa shape index (κ3) is 5.17. The lowest BCUT2D eigenvalue weighted by Crippen LogP contribution is -2.25. The number of carbonyl (C=O) groups is 1. The van der Waals surface area contributed by atoms with E-state index >= 15 is 0 Å². The molecule has 0 aliphatic heterocycles. The number of benzene rings is 3. The first-order chi connectivity index (χ1) is 18.5. The van der Waals surface area contributed by atoms with Crippen LogP contribution in [0.3, 0.4) is 0 Å². The number of nitrogens with zero attached hydrogens (tertiary/aromatic N) is 4. The van der Waals surface area contributed by atoms with Gasteiger partial charge in [0, 0.05) is 16.3 Å². The predicted octanol–water partition coefficient (Wildman–Crippen LogP) is 7.52. The molecule has 3 aromatic carbocycles. The second kappa shape index (κ2) is 11.4. The molecule has 5 aromatic rings. The minimum Gasteiger partial charge on any atom is -0.325 e. The molecule has 0 bridgehead atoms. The fourth-order valence-electron chi connectivity index (χ4n) is 4.26. The number of aromatic nitrogens is 4. The smallest absolute Gasteiger partial charge is 0.237 e. The summed E-state index contributed by atoms with van der Waals surface area (Å²) in [5.41, 5.74) is 5.01. The number of hydrogen-bond donors (Lipinski definition) is 1. The van der Waals surface area contributed by atoms with E-state index in [1.807, 2.05) is 97.4 Å². The molecule has 0 unspecified atom stereocenters. The van der Waals surface area contributed by atoms with Crippen LogP contribution in [0.2, 0.25) is 5.02 Å². The minimum absolute atomic E-state index is 0.0932. The van der Waals surface area contributed by atoms with Crippen LogP contribution in [0, 0.1) is 6.92 Å². The van der Waals surface area contributed by atoms with Gasteiger partial charge in [-0.15, -0.1) is 0 Å². The monoisotopic (exact) mass is 541 g/mol. The van der Waals surface area contributed by atoms with E-state index in [0.717, 1.165) is 38.6 Å². The molecule has 0 aliphatic carbocycles. The molecule has 0 saturated heterocycles. The fraction of sp³-hybridized carbons (Fsp3) is 0.200. The Morgan fingerprint density at radius 1 is 0.974 bits per heavy atom. The van der Waals surface area contributed by atoms with Crippen molar-refractivity contribution < 1.29 is 4.79 Å². The Morgan fingerprint density at radius 2 is 1.68 bits per heavy atom. The molecule has 6 nitrogen and oxygen atoms in total. The van der Waals surface area contributed by atoms with Crippen LogP contribution >= 0.6 is 23.4 Å². The van der Waals surface area contributed by atoms with Crippen molar-refractivity contribution in [1.82, 2.24) is 19.7 Å². The van der Waals surface area contributed by atoms with E-state index in [4.69, 9.17) is 26.7 Å². The molecule has 1 atom stereocenters. The Morgan fingerprint density at radius 3 is 2.37 bits per heavy atom. The van der Waals surface area contributed by atoms with Gasteiger partial charge in [0.15, 0.2) is 11.5 Å². The van der Waals surface area contributed by atoms with Gasteiger partial charge in [-0.2, -0.15) is 5.10 Å². The van der Waals surface area contributed by atoms with Crippen molar-refractivity contribution in [3.05, 3.63) is 95.1 Å². The Bertz CT molecular complexity index is 1590. The van der Waals surface area contributed by atoms with Crippen molar-refractivity contribution >= 4 is 46.0 Å². The van der Waals surface area contributed by atoms with E-state index in [2.05, 4.69) is 12.2 Å². The van der Waals surface area contributed by atoms with Gasteiger partial charge in [0.25, 0.3) is 0 Å². The number of amides is 1. The van der Waals surface area contributed by atoms with Crippen LogP contribution in [-0.2, 0) is 11.2 Å². The van der Waals surface area contributed by atoms with Crippen molar-refractivity contribution in [3.8, 4) is 17.1 Å². The highest BCUT2D eigenvalue weighted by atomic mass is 35.5. The first-order valence-corrected chi connectivity index (χ1v) is 13.9. The average molecular weight is 542 g/mol. The Labute approximate surface area is 231 Å². The number of fused-ring (bicyclic) bond motifs is 1. The summed E-state index contributed by atoms with van der Waals surface area (Å²) in [6, 6.07) is 25.4. The van der Waals surface area contributed by atoms with E-state index in [0.29, 0.717) is 29.4 Å². The molecule has 1 N–H and O–H groups in total. The third-order valence-electron chi connectivity index (χ3n) is 6.38. The van der Waals surface area contributed by atoms with Crippen LogP contribution in [-0.4, -0.2) is 30.9 Å². The molecule has 0 saturated carbocycles. The molecule has 0 aliphatic rings. The summed E-state index contributed by atoms with van der Waals surface area (Å²) in [4.78, 5) is 23.4. The predicted molar refractivity (Wildman–Crippen MR) is 156 cm³/mol. The zero-order chi connectivity index (χ0) is 26.6. The SMILES string of the molecule is CCc1nn(-c2ccccc2)c2nc(-c3ccccc3)nc(S[C@H](CC)C(=O)Nc3cccc(Cl)c3C)c12. The van der Waals surface area contributed by atoms with E-state index in [1.165, 1.54) is 11.8 Å². The van der Waals surface area contributed by atoms with Crippen molar-refractivity contribution in [2.45, 2.75) is 43.9 Å². The molecule has 38 heavy (non-hydrogen) atoms. The number of para-hydroxylation sites is 1. The van der Waals surface area contributed by atoms with E-state index in [1.54, 1.807) is 0 Å².